The highest BCUT2D eigenvalue weighted by atomic mass is 16.5. The van der Waals surface area contributed by atoms with Gasteiger partial charge in [-0.25, -0.2) is 0 Å². The monoisotopic (exact) mass is 294 g/mol. The first-order valence-electron chi connectivity index (χ1n) is 7.87. The van der Waals surface area contributed by atoms with Gasteiger partial charge < -0.3 is 15.2 Å². The molecular formula is C17H30N2O2. The Bertz CT molecular complexity index is 358. The Balaban J connectivity index is 2.49. The van der Waals surface area contributed by atoms with Gasteiger partial charge in [0.15, 0.2) is 0 Å². The molecular weight excluding hydrogens is 264 g/mol. The summed E-state index contributed by atoms with van der Waals surface area (Å²) < 4.78 is 10.9. The van der Waals surface area contributed by atoms with Crippen molar-refractivity contribution in [1.82, 2.24) is 4.90 Å². The molecule has 1 aromatic carbocycles. The molecule has 4 nitrogen and oxygen atoms in total. The molecule has 0 aliphatic carbocycles. The van der Waals surface area contributed by atoms with Crippen LogP contribution in [0.25, 0.3) is 0 Å². The molecule has 0 aromatic heterocycles. The number of benzene rings is 1. The summed E-state index contributed by atoms with van der Waals surface area (Å²) in [4.78, 5) is 2.32. The molecule has 1 rings (SSSR count). The van der Waals surface area contributed by atoms with E-state index >= 15 is 0 Å². The van der Waals surface area contributed by atoms with E-state index in [1.54, 1.807) is 0 Å². The van der Waals surface area contributed by atoms with E-state index in [0.717, 1.165) is 46.1 Å². The van der Waals surface area contributed by atoms with Gasteiger partial charge in [-0.3, -0.25) is 4.90 Å². The smallest absolute Gasteiger partial charge is 0.0593 e. The van der Waals surface area contributed by atoms with Crippen molar-refractivity contribution in [1.29, 1.82) is 0 Å². The summed E-state index contributed by atoms with van der Waals surface area (Å²) >= 11 is 0. The van der Waals surface area contributed by atoms with Gasteiger partial charge in [0.2, 0.25) is 0 Å². The Morgan fingerprint density at radius 2 is 1.52 bits per heavy atom. The van der Waals surface area contributed by atoms with Crippen LogP contribution in [0.15, 0.2) is 24.3 Å². The van der Waals surface area contributed by atoms with E-state index in [1.807, 2.05) is 13.8 Å². The average molecular weight is 294 g/mol. The molecule has 1 aromatic rings. The average Bonchev–Trinajstić information content (AvgIpc) is 2.48. The summed E-state index contributed by atoms with van der Waals surface area (Å²) in [5.41, 5.74) is 8.77. The normalized spacial score (nSPS) is 12.8. The third-order valence-corrected chi connectivity index (χ3v) is 3.47. The van der Waals surface area contributed by atoms with Crippen molar-refractivity contribution in [2.75, 3.05) is 46.1 Å². The van der Waals surface area contributed by atoms with E-state index in [4.69, 9.17) is 15.2 Å². The maximum atomic E-state index is 6.33. The SMILES string of the molecule is CCOCCN(CCOCC)CC(N)c1ccc(C)cc1. The maximum Gasteiger partial charge on any atom is 0.0593 e. The molecule has 1 atom stereocenters. The zero-order chi connectivity index (χ0) is 15.5. The standard InChI is InChI=1S/C17H30N2O2/c1-4-20-12-10-19(11-13-21-5-2)14-17(18)16-8-6-15(3)7-9-16/h6-9,17H,4-5,10-14,18H2,1-3H3. The van der Waals surface area contributed by atoms with E-state index in [-0.39, 0.29) is 6.04 Å². The van der Waals surface area contributed by atoms with Gasteiger partial charge >= 0.3 is 0 Å². The van der Waals surface area contributed by atoms with Crippen molar-refractivity contribution in [3.63, 3.8) is 0 Å². The topological polar surface area (TPSA) is 47.7 Å². The number of hydrogen-bond acceptors (Lipinski definition) is 4. The zero-order valence-electron chi connectivity index (χ0n) is 13.7. The van der Waals surface area contributed by atoms with Gasteiger partial charge in [-0.05, 0) is 26.3 Å². The fraction of sp³-hybridized carbons (Fsp3) is 0.647. The molecule has 0 aliphatic rings. The molecule has 21 heavy (non-hydrogen) atoms. The van der Waals surface area contributed by atoms with Crippen molar-refractivity contribution < 1.29 is 9.47 Å². The molecule has 2 N–H and O–H groups in total. The Morgan fingerprint density at radius 1 is 1.00 bits per heavy atom. The molecule has 0 saturated carbocycles. The summed E-state index contributed by atoms with van der Waals surface area (Å²) in [5, 5.41) is 0. The van der Waals surface area contributed by atoms with Gasteiger partial charge in [-0.15, -0.1) is 0 Å². The fourth-order valence-electron chi connectivity index (χ4n) is 2.17. The molecule has 0 heterocycles. The Hall–Kier alpha value is -0.940. The Kier molecular flexibility index (Phi) is 9.26. The Labute approximate surface area is 129 Å². The molecule has 0 bridgehead atoms. The van der Waals surface area contributed by atoms with Gasteiger partial charge in [0.25, 0.3) is 0 Å². The quantitative estimate of drug-likeness (QED) is 0.637. The molecule has 0 fully saturated rings. The second-order valence-electron chi connectivity index (χ2n) is 5.21. The van der Waals surface area contributed by atoms with Crippen LogP contribution in [0.4, 0.5) is 0 Å². The van der Waals surface area contributed by atoms with E-state index in [9.17, 15) is 0 Å². The lowest BCUT2D eigenvalue weighted by atomic mass is 10.1. The predicted molar refractivity (Wildman–Crippen MR) is 87.5 cm³/mol. The van der Waals surface area contributed by atoms with Crippen LogP contribution < -0.4 is 5.73 Å². The number of rotatable bonds is 11. The van der Waals surface area contributed by atoms with E-state index in [0.29, 0.717) is 0 Å². The highest BCUT2D eigenvalue weighted by molar-refractivity contribution is 5.24. The van der Waals surface area contributed by atoms with Gasteiger partial charge in [-0.1, -0.05) is 29.8 Å². The largest absolute Gasteiger partial charge is 0.380 e. The molecule has 1 unspecified atom stereocenters. The van der Waals surface area contributed by atoms with Crippen molar-refractivity contribution in [2.24, 2.45) is 5.73 Å². The lowest BCUT2D eigenvalue weighted by Gasteiger charge is -2.25. The minimum Gasteiger partial charge on any atom is -0.380 e. The second-order valence-corrected chi connectivity index (χ2v) is 5.21. The fourth-order valence-corrected chi connectivity index (χ4v) is 2.17. The molecule has 120 valence electrons. The minimum absolute atomic E-state index is 0.0221. The Morgan fingerprint density at radius 3 is 2.00 bits per heavy atom. The van der Waals surface area contributed by atoms with E-state index in [2.05, 4.69) is 36.1 Å². The number of hydrogen-bond donors (Lipinski definition) is 1. The first-order chi connectivity index (χ1) is 10.2. The lowest BCUT2D eigenvalue weighted by Crippen LogP contribution is -2.37. The van der Waals surface area contributed by atoms with Gasteiger partial charge in [0.05, 0.1) is 13.2 Å². The predicted octanol–water partition coefficient (Wildman–Crippen LogP) is 2.37. The van der Waals surface area contributed by atoms with Crippen LogP contribution >= 0.6 is 0 Å². The van der Waals surface area contributed by atoms with Crippen molar-refractivity contribution in [3.05, 3.63) is 35.4 Å². The minimum atomic E-state index is 0.0221. The molecule has 4 heteroatoms. The summed E-state index contributed by atoms with van der Waals surface area (Å²) in [7, 11) is 0. The number of aryl methyl sites for hydroxylation is 1. The zero-order valence-corrected chi connectivity index (χ0v) is 13.7. The lowest BCUT2D eigenvalue weighted by molar-refractivity contribution is 0.0803. The number of nitrogens with two attached hydrogens (primary N) is 1. The summed E-state index contributed by atoms with van der Waals surface area (Å²) in [5.74, 6) is 0. The number of nitrogens with zero attached hydrogens (tertiary/aromatic N) is 1. The summed E-state index contributed by atoms with van der Waals surface area (Å²) in [6.45, 7) is 11.7. The molecule has 0 aliphatic heterocycles. The van der Waals surface area contributed by atoms with Crippen LogP contribution in [-0.2, 0) is 9.47 Å². The van der Waals surface area contributed by atoms with Crippen LogP contribution in [0.1, 0.15) is 31.0 Å². The third-order valence-electron chi connectivity index (χ3n) is 3.47. The van der Waals surface area contributed by atoms with Gasteiger partial charge in [-0.2, -0.15) is 0 Å². The van der Waals surface area contributed by atoms with Gasteiger partial charge in [0.1, 0.15) is 0 Å². The first kappa shape index (κ1) is 18.1. The summed E-state index contributed by atoms with van der Waals surface area (Å²) in [6, 6.07) is 8.47. The highest BCUT2D eigenvalue weighted by Gasteiger charge is 2.12. The van der Waals surface area contributed by atoms with Gasteiger partial charge in [0, 0.05) is 38.9 Å². The van der Waals surface area contributed by atoms with Crippen LogP contribution in [-0.4, -0.2) is 51.0 Å². The second kappa shape index (κ2) is 10.7. The van der Waals surface area contributed by atoms with Crippen molar-refractivity contribution in [2.45, 2.75) is 26.8 Å². The van der Waals surface area contributed by atoms with Crippen molar-refractivity contribution >= 4 is 0 Å². The first-order valence-corrected chi connectivity index (χ1v) is 7.87. The van der Waals surface area contributed by atoms with E-state index < -0.39 is 0 Å². The highest BCUT2D eigenvalue weighted by Crippen LogP contribution is 2.12. The van der Waals surface area contributed by atoms with Crippen LogP contribution in [0.2, 0.25) is 0 Å². The molecule has 0 radical (unpaired) electrons. The van der Waals surface area contributed by atoms with Crippen molar-refractivity contribution in [3.8, 4) is 0 Å². The molecule has 0 saturated heterocycles. The van der Waals surface area contributed by atoms with Crippen LogP contribution in [0.5, 0.6) is 0 Å². The van der Waals surface area contributed by atoms with E-state index in [1.165, 1.54) is 11.1 Å². The molecule has 0 amide bonds. The number of ether oxygens (including phenoxy) is 2. The van der Waals surface area contributed by atoms with Crippen LogP contribution in [0, 0.1) is 6.92 Å². The van der Waals surface area contributed by atoms with Crippen LogP contribution in [0.3, 0.4) is 0 Å². The molecule has 0 spiro atoms. The maximum absolute atomic E-state index is 6.33. The third kappa shape index (κ3) is 7.58. The summed E-state index contributed by atoms with van der Waals surface area (Å²) in [6.07, 6.45) is 0.